The third-order valence-corrected chi connectivity index (χ3v) is 12.4. The zero-order valence-electron chi connectivity index (χ0n) is 29.7. The maximum absolute atomic E-state index is 14.0. The van der Waals surface area contributed by atoms with Gasteiger partial charge in [0.05, 0.1) is 40.6 Å². The summed E-state index contributed by atoms with van der Waals surface area (Å²) >= 11 is 6.18. The smallest absolute Gasteiger partial charge is 0.269 e. The normalized spacial score (nSPS) is 21.1. The van der Waals surface area contributed by atoms with Crippen LogP contribution in [-0.2, 0) is 10.0 Å². The van der Waals surface area contributed by atoms with Crippen LogP contribution < -0.4 is 20.1 Å². The fraction of sp³-hybridized carbons (Fsp3) is 0.268. The molecule has 54 heavy (non-hydrogen) atoms. The lowest BCUT2D eigenvalue weighted by Crippen LogP contribution is -2.58. The number of nitrogens with zero attached hydrogens (tertiary/aromatic N) is 3. The highest BCUT2D eigenvalue weighted by atomic mass is 32.2. The molecule has 3 N–H and O–H groups in total. The maximum atomic E-state index is 14.0. The molecule has 1 unspecified atom stereocenters. The van der Waals surface area contributed by atoms with E-state index >= 15 is 0 Å². The number of thiocarbonyl (C=S) groups is 1. The molecule has 0 spiro atoms. The second kappa shape index (κ2) is 16.0. The molecule has 8 rings (SSSR count). The molecule has 4 aromatic carbocycles. The van der Waals surface area contributed by atoms with Gasteiger partial charge in [0.15, 0.2) is 5.11 Å². The first-order valence-corrected chi connectivity index (χ1v) is 19.8. The van der Waals surface area contributed by atoms with Crippen LogP contribution in [0.3, 0.4) is 0 Å². The number of nitro groups is 1. The number of aromatic nitrogens is 1. The number of hydrogen-bond donors (Lipinski definition) is 3. The fourth-order valence-corrected chi connectivity index (χ4v) is 9.46. The Hall–Kier alpha value is -5.21. The summed E-state index contributed by atoms with van der Waals surface area (Å²) in [7, 11) is -2.53. The van der Waals surface area contributed by atoms with Crippen molar-refractivity contribution in [3.05, 3.63) is 155 Å². The quantitative estimate of drug-likeness (QED) is 0.0497. The molecule has 3 aliphatic heterocycles. The standard InChI is InChI=1S/C41H42N6O5S2/c1-3-27-26-46-23-21-30(27)24-37(46)40(34-20-22-42-36-19-16-32(52-2)25-35(34)36)44-41(53)43-38(28-10-6-4-7-11-28)39(29-12-8-5-9-13-29)45-54(50,51)33-17-14-31(15-18-33)47(48)49/h3-20,22,25,27,30,37-40,45H,1,21,23-24,26H2,2H3,(H2,43,44,53)/t27-,30-,37-,38-,39-,40-/m0/s1. The van der Waals surface area contributed by atoms with Crippen molar-refractivity contribution in [3.8, 4) is 5.75 Å². The summed E-state index contributed by atoms with van der Waals surface area (Å²) in [5.41, 5.74) is 3.16. The van der Waals surface area contributed by atoms with E-state index in [4.69, 9.17) is 17.0 Å². The SMILES string of the molecule is C=C[C@H]1CN2CC[C@H]1C[C@H]2[C@@H](NC(=S)N[C@@H](c1ccccc1)[C@@H](NS(=O)(=O)c1ccc([N+](=O)[O-])cc1)c1ccccc1)c1ccnc2ccc(OC)cc12. The van der Waals surface area contributed by atoms with Crippen molar-refractivity contribution in [1.29, 1.82) is 0 Å². The Morgan fingerprint density at radius 1 is 0.981 bits per heavy atom. The average Bonchev–Trinajstić information content (AvgIpc) is 3.21. The molecule has 3 fully saturated rings. The van der Waals surface area contributed by atoms with E-state index in [1.807, 2.05) is 91.1 Å². The predicted octanol–water partition coefficient (Wildman–Crippen LogP) is 7.01. The van der Waals surface area contributed by atoms with Crippen molar-refractivity contribution < 1.29 is 18.1 Å². The van der Waals surface area contributed by atoms with Crippen LogP contribution in [0.25, 0.3) is 10.9 Å². The molecule has 0 aliphatic carbocycles. The van der Waals surface area contributed by atoms with E-state index in [1.54, 1.807) is 7.11 Å². The predicted molar refractivity (Wildman–Crippen MR) is 213 cm³/mol. The Bertz CT molecular complexity index is 2240. The van der Waals surface area contributed by atoms with Gasteiger partial charge in [0, 0.05) is 36.3 Å². The minimum Gasteiger partial charge on any atom is -0.497 e. The van der Waals surface area contributed by atoms with Crippen molar-refractivity contribution in [3.63, 3.8) is 0 Å². The molecule has 0 radical (unpaired) electrons. The van der Waals surface area contributed by atoms with E-state index in [0.717, 1.165) is 53.7 Å². The van der Waals surface area contributed by atoms with Crippen LogP contribution in [0.5, 0.6) is 5.75 Å². The summed E-state index contributed by atoms with van der Waals surface area (Å²) in [6, 6.07) is 29.9. The number of nitro benzene ring substituents is 1. The molecule has 7 atom stereocenters. The fourth-order valence-electron chi connectivity index (χ4n) is 7.96. The molecule has 13 heteroatoms. The van der Waals surface area contributed by atoms with Gasteiger partial charge in [-0.2, -0.15) is 0 Å². The summed E-state index contributed by atoms with van der Waals surface area (Å²) in [4.78, 5) is 17.8. The van der Waals surface area contributed by atoms with E-state index in [-0.39, 0.29) is 22.7 Å². The lowest BCUT2D eigenvalue weighted by atomic mass is 9.73. The third kappa shape index (κ3) is 7.85. The molecule has 2 bridgehead atoms. The number of methoxy groups -OCH3 is 1. The average molecular weight is 763 g/mol. The van der Waals surface area contributed by atoms with Crippen molar-refractivity contribution >= 4 is 43.9 Å². The summed E-state index contributed by atoms with van der Waals surface area (Å²) in [6.07, 6.45) is 5.97. The largest absolute Gasteiger partial charge is 0.497 e. The number of piperidine rings is 3. The molecular weight excluding hydrogens is 721 g/mol. The molecule has 4 heterocycles. The first-order chi connectivity index (χ1) is 26.1. The number of benzene rings is 4. The van der Waals surface area contributed by atoms with Gasteiger partial charge in [0.1, 0.15) is 5.75 Å². The Morgan fingerprint density at radius 3 is 2.28 bits per heavy atom. The van der Waals surface area contributed by atoms with Gasteiger partial charge in [0.2, 0.25) is 10.0 Å². The highest BCUT2D eigenvalue weighted by molar-refractivity contribution is 7.89. The maximum Gasteiger partial charge on any atom is 0.269 e. The zero-order valence-corrected chi connectivity index (χ0v) is 31.4. The van der Waals surface area contributed by atoms with Gasteiger partial charge in [-0.1, -0.05) is 66.7 Å². The molecule has 11 nitrogen and oxygen atoms in total. The van der Waals surface area contributed by atoms with E-state index in [2.05, 4.69) is 37.9 Å². The second-order valence-electron chi connectivity index (χ2n) is 13.8. The zero-order chi connectivity index (χ0) is 37.8. The van der Waals surface area contributed by atoms with Gasteiger partial charge in [-0.3, -0.25) is 20.0 Å². The summed E-state index contributed by atoms with van der Waals surface area (Å²) in [6.45, 7) is 6.01. The summed E-state index contributed by atoms with van der Waals surface area (Å²) < 4.78 is 36.5. The molecule has 1 aromatic heterocycles. The van der Waals surface area contributed by atoms with Crippen molar-refractivity contribution in [2.45, 2.75) is 41.9 Å². The van der Waals surface area contributed by atoms with E-state index < -0.39 is 27.0 Å². The van der Waals surface area contributed by atoms with Gasteiger partial charge in [-0.15, -0.1) is 6.58 Å². The van der Waals surface area contributed by atoms with Crippen LogP contribution in [0.1, 0.15) is 47.7 Å². The minimum atomic E-state index is -4.18. The van der Waals surface area contributed by atoms with Crippen LogP contribution in [0, 0.1) is 22.0 Å². The van der Waals surface area contributed by atoms with Gasteiger partial charge < -0.3 is 15.4 Å². The Balaban J connectivity index is 1.26. The van der Waals surface area contributed by atoms with Crippen LogP contribution >= 0.6 is 12.2 Å². The van der Waals surface area contributed by atoms with Crippen LogP contribution in [0.15, 0.2) is 133 Å². The topological polar surface area (TPSA) is 139 Å². The summed E-state index contributed by atoms with van der Waals surface area (Å²) in [5.74, 6) is 1.65. The highest BCUT2D eigenvalue weighted by Crippen LogP contribution is 2.42. The first kappa shape index (κ1) is 37.1. The monoisotopic (exact) mass is 762 g/mol. The van der Waals surface area contributed by atoms with E-state index in [1.165, 1.54) is 24.3 Å². The lowest BCUT2D eigenvalue weighted by molar-refractivity contribution is -0.384. The molecular formula is C41H42N6O5S2. The van der Waals surface area contributed by atoms with Crippen molar-refractivity contribution in [2.75, 3.05) is 20.2 Å². The number of hydrogen-bond acceptors (Lipinski definition) is 8. The number of sulfonamides is 1. The second-order valence-corrected chi connectivity index (χ2v) is 15.9. The molecule has 3 saturated heterocycles. The highest BCUT2D eigenvalue weighted by Gasteiger charge is 2.43. The summed E-state index contributed by atoms with van der Waals surface area (Å²) in [5, 5.41) is 19.8. The van der Waals surface area contributed by atoms with Gasteiger partial charge in [0.25, 0.3) is 5.69 Å². The van der Waals surface area contributed by atoms with Crippen LogP contribution in [0.2, 0.25) is 0 Å². The number of fused-ring (bicyclic) bond motifs is 4. The van der Waals surface area contributed by atoms with E-state index in [0.29, 0.717) is 22.5 Å². The Kier molecular flexibility index (Phi) is 11.0. The molecule has 278 valence electrons. The third-order valence-electron chi connectivity index (χ3n) is 10.7. The van der Waals surface area contributed by atoms with Gasteiger partial charge >= 0.3 is 0 Å². The van der Waals surface area contributed by atoms with Gasteiger partial charge in [-0.25, -0.2) is 13.1 Å². The van der Waals surface area contributed by atoms with Gasteiger partial charge in [-0.05, 0) is 96.5 Å². The molecule has 5 aromatic rings. The molecule has 3 aliphatic rings. The number of nitrogens with one attached hydrogen (secondary N) is 3. The first-order valence-electron chi connectivity index (χ1n) is 17.9. The Labute approximate surface area is 320 Å². The van der Waals surface area contributed by atoms with Crippen molar-refractivity contribution in [2.24, 2.45) is 11.8 Å². The van der Waals surface area contributed by atoms with E-state index in [9.17, 15) is 18.5 Å². The molecule has 0 amide bonds. The Morgan fingerprint density at radius 2 is 1.67 bits per heavy atom. The molecule has 0 saturated carbocycles. The number of non-ortho nitro benzene ring substituents is 1. The lowest BCUT2D eigenvalue weighted by Gasteiger charge is -2.52. The number of pyridine rings is 1. The van der Waals surface area contributed by atoms with Crippen LogP contribution in [-0.4, -0.2) is 54.6 Å². The number of ether oxygens (including phenoxy) is 1. The minimum absolute atomic E-state index is 0.0965. The number of rotatable bonds is 13. The van der Waals surface area contributed by atoms with Crippen LogP contribution in [0.4, 0.5) is 5.69 Å². The van der Waals surface area contributed by atoms with Crippen molar-refractivity contribution in [1.82, 2.24) is 25.2 Å².